The molecule has 1 heterocycles. The van der Waals surface area contributed by atoms with Crippen molar-refractivity contribution >= 4 is 11.8 Å². The van der Waals surface area contributed by atoms with E-state index in [4.69, 9.17) is 5.11 Å². The van der Waals surface area contributed by atoms with Crippen LogP contribution in [0.1, 0.15) is 36.5 Å². The van der Waals surface area contributed by atoms with E-state index in [2.05, 4.69) is 4.90 Å². The molecule has 1 unspecified atom stereocenters. The Morgan fingerprint density at radius 2 is 1.85 bits per heavy atom. The summed E-state index contributed by atoms with van der Waals surface area (Å²) in [5.41, 5.74) is 0.750. The van der Waals surface area contributed by atoms with E-state index in [-0.39, 0.29) is 17.7 Å². The van der Waals surface area contributed by atoms with Crippen LogP contribution in [0.2, 0.25) is 0 Å². The molecule has 0 spiro atoms. The Balaban J connectivity index is 1.85. The first-order valence-electron chi connectivity index (χ1n) is 7.13. The fourth-order valence-corrected chi connectivity index (χ4v) is 2.73. The minimum Gasteiger partial charge on any atom is -0.481 e. The number of nitrogens with zero attached hydrogens (tertiary/aromatic N) is 1. The summed E-state index contributed by atoms with van der Waals surface area (Å²) in [4.78, 5) is 25.3. The molecule has 108 valence electrons. The van der Waals surface area contributed by atoms with Gasteiger partial charge < -0.3 is 10.0 Å². The van der Waals surface area contributed by atoms with E-state index in [0.29, 0.717) is 19.3 Å². The molecule has 0 radical (unpaired) electrons. The maximum atomic E-state index is 12.1. The van der Waals surface area contributed by atoms with Crippen molar-refractivity contribution in [2.45, 2.75) is 32.2 Å². The van der Waals surface area contributed by atoms with Crippen molar-refractivity contribution in [3.05, 3.63) is 35.9 Å². The lowest BCUT2D eigenvalue weighted by Gasteiger charge is -2.34. The zero-order chi connectivity index (χ0) is 14.5. The molecule has 1 aromatic rings. The van der Waals surface area contributed by atoms with E-state index < -0.39 is 5.97 Å². The van der Waals surface area contributed by atoms with Gasteiger partial charge in [0.1, 0.15) is 0 Å². The number of hydrogen-bond acceptors (Lipinski definition) is 3. The Morgan fingerprint density at radius 3 is 2.40 bits per heavy atom. The molecule has 0 saturated carbocycles. The smallest absolute Gasteiger partial charge is 0.306 e. The summed E-state index contributed by atoms with van der Waals surface area (Å²) in [6, 6.07) is 9.48. The summed E-state index contributed by atoms with van der Waals surface area (Å²) in [5, 5.41) is 8.98. The van der Waals surface area contributed by atoms with Gasteiger partial charge in [0.05, 0.1) is 5.92 Å². The number of hydrogen-bond donors (Lipinski definition) is 1. The molecule has 0 aromatic heterocycles. The average molecular weight is 275 g/mol. The first kappa shape index (κ1) is 14.7. The fraction of sp³-hybridized carbons (Fsp3) is 0.500. The van der Waals surface area contributed by atoms with Crippen LogP contribution in [0.15, 0.2) is 30.3 Å². The highest BCUT2D eigenvalue weighted by Crippen LogP contribution is 2.20. The molecule has 20 heavy (non-hydrogen) atoms. The Bertz CT molecular complexity index is 464. The monoisotopic (exact) mass is 275 g/mol. The van der Waals surface area contributed by atoms with Crippen LogP contribution in [0.25, 0.3) is 0 Å². The molecule has 1 atom stereocenters. The predicted octanol–water partition coefficient (Wildman–Crippen LogP) is 2.44. The van der Waals surface area contributed by atoms with Gasteiger partial charge in [0, 0.05) is 18.0 Å². The Labute approximate surface area is 119 Å². The highest BCUT2D eigenvalue weighted by atomic mass is 16.4. The summed E-state index contributed by atoms with van der Waals surface area (Å²) < 4.78 is 0. The molecule has 1 aliphatic heterocycles. The number of carbonyl (C=O) groups excluding carboxylic acids is 1. The number of carboxylic acid groups (broad SMARTS) is 1. The summed E-state index contributed by atoms with van der Waals surface area (Å²) in [7, 11) is 0. The van der Waals surface area contributed by atoms with Gasteiger partial charge in [0.15, 0.2) is 5.78 Å². The second kappa shape index (κ2) is 6.66. The molecule has 2 rings (SSSR count). The SMILES string of the molecule is CC(CC(=O)c1ccccc1)N1CCC(C(=O)O)CC1. The third kappa shape index (κ3) is 3.67. The van der Waals surface area contributed by atoms with Crippen molar-refractivity contribution in [1.82, 2.24) is 4.90 Å². The first-order valence-corrected chi connectivity index (χ1v) is 7.13. The van der Waals surface area contributed by atoms with Gasteiger partial charge in [-0.1, -0.05) is 30.3 Å². The summed E-state index contributed by atoms with van der Waals surface area (Å²) in [6.07, 6.45) is 1.85. The molecular weight excluding hydrogens is 254 g/mol. The van der Waals surface area contributed by atoms with Crippen LogP contribution in [0.5, 0.6) is 0 Å². The Hall–Kier alpha value is -1.68. The lowest BCUT2D eigenvalue weighted by atomic mass is 9.95. The molecule has 1 N–H and O–H groups in total. The molecule has 4 nitrogen and oxygen atoms in total. The number of aliphatic carboxylic acids is 1. The molecule has 4 heteroatoms. The topological polar surface area (TPSA) is 57.6 Å². The Kier molecular flexibility index (Phi) is 4.90. The number of carbonyl (C=O) groups is 2. The molecule has 1 aliphatic rings. The van der Waals surface area contributed by atoms with Gasteiger partial charge in [-0.15, -0.1) is 0 Å². The van der Waals surface area contributed by atoms with Crippen LogP contribution < -0.4 is 0 Å². The van der Waals surface area contributed by atoms with Crippen LogP contribution in [0.3, 0.4) is 0 Å². The van der Waals surface area contributed by atoms with E-state index in [1.165, 1.54) is 0 Å². The number of likely N-dealkylation sites (tertiary alicyclic amines) is 1. The minimum atomic E-state index is -0.697. The van der Waals surface area contributed by atoms with Crippen LogP contribution >= 0.6 is 0 Å². The zero-order valence-electron chi connectivity index (χ0n) is 11.8. The summed E-state index contributed by atoms with van der Waals surface area (Å²) in [5.74, 6) is -0.764. The third-order valence-corrected chi connectivity index (χ3v) is 4.08. The van der Waals surface area contributed by atoms with Gasteiger partial charge in [-0.3, -0.25) is 9.59 Å². The van der Waals surface area contributed by atoms with E-state index in [1.54, 1.807) is 0 Å². The van der Waals surface area contributed by atoms with Crippen molar-refractivity contribution in [2.24, 2.45) is 5.92 Å². The number of benzene rings is 1. The quantitative estimate of drug-likeness (QED) is 0.839. The average Bonchev–Trinajstić information content (AvgIpc) is 2.48. The van der Waals surface area contributed by atoms with E-state index in [9.17, 15) is 9.59 Å². The second-order valence-corrected chi connectivity index (χ2v) is 5.49. The molecule has 1 saturated heterocycles. The largest absolute Gasteiger partial charge is 0.481 e. The van der Waals surface area contributed by atoms with E-state index in [0.717, 1.165) is 18.7 Å². The Morgan fingerprint density at radius 1 is 1.25 bits per heavy atom. The maximum Gasteiger partial charge on any atom is 0.306 e. The number of piperidine rings is 1. The van der Waals surface area contributed by atoms with Gasteiger partial charge in [0.25, 0.3) is 0 Å². The standard InChI is InChI=1S/C16H21NO3/c1-12(11-15(18)13-5-3-2-4-6-13)17-9-7-14(8-10-17)16(19)20/h2-6,12,14H,7-11H2,1H3,(H,19,20). The fourth-order valence-electron chi connectivity index (χ4n) is 2.73. The van der Waals surface area contributed by atoms with Crippen molar-refractivity contribution in [1.29, 1.82) is 0 Å². The third-order valence-electron chi connectivity index (χ3n) is 4.08. The molecule has 1 fully saturated rings. The first-order chi connectivity index (χ1) is 9.58. The number of carboxylic acids is 1. The van der Waals surface area contributed by atoms with Crippen LogP contribution in [0.4, 0.5) is 0 Å². The number of rotatable bonds is 5. The van der Waals surface area contributed by atoms with Crippen LogP contribution in [-0.2, 0) is 4.79 Å². The van der Waals surface area contributed by atoms with Crippen molar-refractivity contribution in [2.75, 3.05) is 13.1 Å². The zero-order valence-corrected chi connectivity index (χ0v) is 11.8. The molecule has 1 aromatic carbocycles. The lowest BCUT2D eigenvalue weighted by Crippen LogP contribution is -2.42. The molecule has 0 amide bonds. The van der Waals surface area contributed by atoms with E-state index in [1.807, 2.05) is 37.3 Å². The van der Waals surface area contributed by atoms with Crippen molar-refractivity contribution in [3.8, 4) is 0 Å². The number of ketones is 1. The van der Waals surface area contributed by atoms with Crippen molar-refractivity contribution < 1.29 is 14.7 Å². The molecular formula is C16H21NO3. The summed E-state index contributed by atoms with van der Waals surface area (Å²) in [6.45, 7) is 3.57. The van der Waals surface area contributed by atoms with Crippen molar-refractivity contribution in [3.63, 3.8) is 0 Å². The highest BCUT2D eigenvalue weighted by Gasteiger charge is 2.27. The predicted molar refractivity (Wildman–Crippen MR) is 76.8 cm³/mol. The number of Topliss-reactive ketones (excluding diaryl/α,β-unsaturated/α-hetero) is 1. The van der Waals surface area contributed by atoms with Gasteiger partial charge in [-0.25, -0.2) is 0 Å². The maximum absolute atomic E-state index is 12.1. The van der Waals surface area contributed by atoms with Gasteiger partial charge >= 0.3 is 5.97 Å². The second-order valence-electron chi connectivity index (χ2n) is 5.49. The summed E-state index contributed by atoms with van der Waals surface area (Å²) >= 11 is 0. The normalized spacial score (nSPS) is 18.6. The minimum absolute atomic E-state index is 0.151. The van der Waals surface area contributed by atoms with Gasteiger partial charge in [-0.05, 0) is 32.9 Å². The highest BCUT2D eigenvalue weighted by molar-refractivity contribution is 5.96. The molecule has 0 aliphatic carbocycles. The van der Waals surface area contributed by atoms with Gasteiger partial charge in [0.2, 0.25) is 0 Å². The molecule has 0 bridgehead atoms. The van der Waals surface area contributed by atoms with Crippen LogP contribution in [0, 0.1) is 5.92 Å². The lowest BCUT2D eigenvalue weighted by molar-refractivity contribution is -0.143. The van der Waals surface area contributed by atoms with E-state index >= 15 is 0 Å². The van der Waals surface area contributed by atoms with Gasteiger partial charge in [-0.2, -0.15) is 0 Å². The van der Waals surface area contributed by atoms with Crippen LogP contribution in [-0.4, -0.2) is 40.9 Å².